The molecule has 5 nitrogen and oxygen atoms in total. The lowest BCUT2D eigenvalue weighted by Gasteiger charge is -2.24. The van der Waals surface area contributed by atoms with Gasteiger partial charge in [-0.1, -0.05) is 30.3 Å². The van der Waals surface area contributed by atoms with Gasteiger partial charge in [-0.3, -0.25) is 4.79 Å². The fourth-order valence-corrected chi connectivity index (χ4v) is 2.44. The molecule has 0 aliphatic rings. The number of esters is 1. The topological polar surface area (TPSA) is 55.8 Å². The highest BCUT2D eigenvalue weighted by Gasteiger charge is 2.23. The number of methoxy groups -OCH3 is 1. The molecule has 2 rings (SSSR count). The number of para-hydroxylation sites is 1. The first kappa shape index (κ1) is 19.2. The van der Waals surface area contributed by atoms with Gasteiger partial charge in [0.2, 0.25) is 0 Å². The number of ether oxygens (including phenoxy) is 2. The SMILES string of the molecule is CCN(C(=O)[C@H](C)OC(=O)/C=C/c1ccc(OC)cc1)c1ccccc1. The van der Waals surface area contributed by atoms with Crippen LogP contribution in [0.1, 0.15) is 19.4 Å². The molecule has 0 bridgehead atoms. The van der Waals surface area contributed by atoms with E-state index in [1.807, 2.05) is 49.4 Å². The molecule has 0 aromatic heterocycles. The van der Waals surface area contributed by atoms with Crippen molar-refractivity contribution in [1.82, 2.24) is 0 Å². The van der Waals surface area contributed by atoms with Gasteiger partial charge in [-0.05, 0) is 49.8 Å². The number of amides is 1. The van der Waals surface area contributed by atoms with E-state index in [4.69, 9.17) is 9.47 Å². The molecule has 0 radical (unpaired) electrons. The van der Waals surface area contributed by atoms with Crippen LogP contribution < -0.4 is 9.64 Å². The first-order valence-electron chi connectivity index (χ1n) is 8.44. The van der Waals surface area contributed by atoms with Crippen LogP contribution in [-0.2, 0) is 14.3 Å². The molecule has 5 heteroatoms. The Labute approximate surface area is 153 Å². The molecule has 136 valence electrons. The summed E-state index contributed by atoms with van der Waals surface area (Å²) in [6, 6.07) is 16.6. The number of carbonyl (C=O) groups is 2. The Kier molecular flexibility index (Phi) is 6.97. The molecule has 0 unspecified atom stereocenters. The summed E-state index contributed by atoms with van der Waals surface area (Å²) in [4.78, 5) is 26.2. The van der Waals surface area contributed by atoms with Crippen LogP contribution in [0.25, 0.3) is 6.08 Å². The average Bonchev–Trinajstić information content (AvgIpc) is 2.68. The molecule has 0 spiro atoms. The van der Waals surface area contributed by atoms with E-state index >= 15 is 0 Å². The number of carbonyl (C=O) groups excluding carboxylic acids is 2. The second kappa shape index (κ2) is 9.42. The van der Waals surface area contributed by atoms with Gasteiger partial charge in [-0.25, -0.2) is 4.79 Å². The standard InChI is InChI=1S/C21H23NO4/c1-4-22(18-8-6-5-7-9-18)21(24)16(2)26-20(23)15-12-17-10-13-19(25-3)14-11-17/h5-16H,4H2,1-3H3/b15-12+/t16-/m0/s1. The zero-order valence-corrected chi connectivity index (χ0v) is 15.2. The van der Waals surface area contributed by atoms with Gasteiger partial charge in [0.15, 0.2) is 6.10 Å². The smallest absolute Gasteiger partial charge is 0.331 e. The summed E-state index contributed by atoms with van der Waals surface area (Å²) in [6.45, 7) is 3.95. The summed E-state index contributed by atoms with van der Waals surface area (Å²) in [5.74, 6) is -0.0832. The Hall–Kier alpha value is -3.08. The predicted molar refractivity (Wildman–Crippen MR) is 102 cm³/mol. The van der Waals surface area contributed by atoms with Crippen LogP contribution in [0, 0.1) is 0 Å². The lowest BCUT2D eigenvalue weighted by Crippen LogP contribution is -2.39. The molecule has 0 heterocycles. The van der Waals surface area contributed by atoms with Gasteiger partial charge in [0.05, 0.1) is 7.11 Å². The molecule has 0 saturated carbocycles. The third-order valence-electron chi connectivity index (χ3n) is 3.82. The van der Waals surface area contributed by atoms with Gasteiger partial charge in [-0.2, -0.15) is 0 Å². The van der Waals surface area contributed by atoms with Crippen molar-refractivity contribution in [2.45, 2.75) is 20.0 Å². The molecule has 1 amide bonds. The lowest BCUT2D eigenvalue weighted by molar-refractivity contribution is -0.149. The van der Waals surface area contributed by atoms with Crippen LogP contribution in [0.15, 0.2) is 60.7 Å². The average molecular weight is 353 g/mol. The van der Waals surface area contributed by atoms with Crippen LogP contribution in [0.2, 0.25) is 0 Å². The van der Waals surface area contributed by atoms with Crippen LogP contribution in [0.4, 0.5) is 5.69 Å². The van der Waals surface area contributed by atoms with E-state index in [1.54, 1.807) is 37.1 Å². The van der Waals surface area contributed by atoms with Crippen molar-refractivity contribution < 1.29 is 19.1 Å². The Bertz CT molecular complexity index is 753. The summed E-state index contributed by atoms with van der Waals surface area (Å²) in [5, 5.41) is 0. The van der Waals surface area contributed by atoms with E-state index in [0.29, 0.717) is 6.54 Å². The Balaban J connectivity index is 1.96. The second-order valence-electron chi connectivity index (χ2n) is 5.60. The van der Waals surface area contributed by atoms with E-state index in [0.717, 1.165) is 17.0 Å². The highest BCUT2D eigenvalue weighted by atomic mass is 16.5. The van der Waals surface area contributed by atoms with Gasteiger partial charge in [0, 0.05) is 18.3 Å². The Morgan fingerprint density at radius 2 is 1.73 bits per heavy atom. The maximum absolute atomic E-state index is 12.6. The maximum atomic E-state index is 12.6. The van der Waals surface area contributed by atoms with Gasteiger partial charge in [0.1, 0.15) is 5.75 Å². The zero-order chi connectivity index (χ0) is 18.9. The van der Waals surface area contributed by atoms with E-state index in [9.17, 15) is 9.59 Å². The molecule has 0 aliphatic heterocycles. The maximum Gasteiger partial charge on any atom is 0.331 e. The number of hydrogen-bond donors (Lipinski definition) is 0. The summed E-state index contributed by atoms with van der Waals surface area (Å²) < 4.78 is 10.3. The van der Waals surface area contributed by atoms with E-state index in [2.05, 4.69) is 0 Å². The minimum atomic E-state index is -0.872. The Morgan fingerprint density at radius 3 is 2.31 bits per heavy atom. The van der Waals surface area contributed by atoms with Gasteiger partial charge in [0.25, 0.3) is 5.91 Å². The molecule has 0 N–H and O–H groups in total. The van der Waals surface area contributed by atoms with Crippen molar-refractivity contribution >= 4 is 23.6 Å². The highest BCUT2D eigenvalue weighted by molar-refractivity contribution is 5.98. The highest BCUT2D eigenvalue weighted by Crippen LogP contribution is 2.15. The molecule has 2 aromatic rings. The zero-order valence-electron chi connectivity index (χ0n) is 15.2. The predicted octanol–water partition coefficient (Wildman–Crippen LogP) is 3.69. The molecule has 0 aliphatic carbocycles. The number of likely N-dealkylation sites (N-methyl/N-ethyl adjacent to an activating group) is 1. The Morgan fingerprint density at radius 1 is 1.08 bits per heavy atom. The van der Waals surface area contributed by atoms with Crippen molar-refractivity contribution in [2.75, 3.05) is 18.6 Å². The van der Waals surface area contributed by atoms with Crippen LogP contribution in [0.5, 0.6) is 5.75 Å². The first-order valence-corrected chi connectivity index (χ1v) is 8.44. The summed E-state index contributed by atoms with van der Waals surface area (Å²) in [5.41, 5.74) is 1.61. The van der Waals surface area contributed by atoms with E-state index < -0.39 is 12.1 Å². The summed E-state index contributed by atoms with van der Waals surface area (Å²) >= 11 is 0. The second-order valence-corrected chi connectivity index (χ2v) is 5.60. The fourth-order valence-electron chi connectivity index (χ4n) is 2.44. The van der Waals surface area contributed by atoms with Gasteiger partial charge >= 0.3 is 5.97 Å². The van der Waals surface area contributed by atoms with Crippen molar-refractivity contribution in [3.8, 4) is 5.75 Å². The van der Waals surface area contributed by atoms with Crippen LogP contribution >= 0.6 is 0 Å². The van der Waals surface area contributed by atoms with E-state index in [-0.39, 0.29) is 5.91 Å². The number of hydrogen-bond acceptors (Lipinski definition) is 4. The molecule has 2 aromatic carbocycles. The molecule has 1 atom stereocenters. The van der Waals surface area contributed by atoms with Crippen molar-refractivity contribution in [3.63, 3.8) is 0 Å². The van der Waals surface area contributed by atoms with Gasteiger partial charge < -0.3 is 14.4 Å². The monoisotopic (exact) mass is 353 g/mol. The summed E-state index contributed by atoms with van der Waals surface area (Å²) in [6.07, 6.45) is 2.07. The number of nitrogens with zero attached hydrogens (tertiary/aromatic N) is 1. The van der Waals surface area contributed by atoms with Crippen molar-refractivity contribution in [1.29, 1.82) is 0 Å². The molecule has 0 fully saturated rings. The third kappa shape index (κ3) is 5.21. The quantitative estimate of drug-likeness (QED) is 0.563. The van der Waals surface area contributed by atoms with Gasteiger partial charge in [-0.15, -0.1) is 0 Å². The van der Waals surface area contributed by atoms with Crippen molar-refractivity contribution in [2.24, 2.45) is 0 Å². The van der Waals surface area contributed by atoms with E-state index in [1.165, 1.54) is 6.08 Å². The molecular formula is C21H23NO4. The van der Waals surface area contributed by atoms with Crippen molar-refractivity contribution in [3.05, 3.63) is 66.2 Å². The number of rotatable bonds is 7. The normalized spacial score (nSPS) is 11.8. The lowest BCUT2D eigenvalue weighted by atomic mass is 10.2. The number of anilines is 1. The largest absolute Gasteiger partial charge is 0.497 e. The first-order chi connectivity index (χ1) is 12.5. The third-order valence-corrected chi connectivity index (χ3v) is 3.82. The van der Waals surface area contributed by atoms with Crippen LogP contribution in [0.3, 0.4) is 0 Å². The minimum Gasteiger partial charge on any atom is -0.497 e. The molecule has 0 saturated heterocycles. The molecule has 26 heavy (non-hydrogen) atoms. The van der Waals surface area contributed by atoms with Crippen LogP contribution in [-0.4, -0.2) is 31.6 Å². The summed E-state index contributed by atoms with van der Waals surface area (Å²) in [7, 11) is 1.59. The minimum absolute atomic E-state index is 0.259. The number of benzene rings is 2. The fraction of sp³-hybridized carbons (Fsp3) is 0.238. The molecular weight excluding hydrogens is 330 g/mol.